The van der Waals surface area contributed by atoms with Crippen LogP contribution in [0.2, 0.25) is 0 Å². The van der Waals surface area contributed by atoms with Crippen molar-refractivity contribution in [3.05, 3.63) is 64.8 Å². The second kappa shape index (κ2) is 6.38. The number of aromatic nitrogens is 2. The SMILES string of the molecule is NC1Cc2ccc3[nH]ncc3c2CN(Cc2ccc(C(F)(F)F)cc2)C1=O. The van der Waals surface area contributed by atoms with Crippen molar-refractivity contribution in [2.45, 2.75) is 31.7 Å². The maximum atomic E-state index is 12.7. The summed E-state index contributed by atoms with van der Waals surface area (Å²) in [4.78, 5) is 14.3. The molecule has 2 heterocycles. The summed E-state index contributed by atoms with van der Waals surface area (Å²) in [5, 5.41) is 7.88. The van der Waals surface area contributed by atoms with Crippen molar-refractivity contribution in [2.75, 3.05) is 0 Å². The van der Waals surface area contributed by atoms with Crippen LogP contribution in [0.4, 0.5) is 13.2 Å². The maximum absolute atomic E-state index is 12.7. The van der Waals surface area contributed by atoms with Gasteiger partial charge in [0.15, 0.2) is 0 Å². The average Bonchev–Trinajstić information content (AvgIpc) is 3.06. The van der Waals surface area contributed by atoms with Crippen LogP contribution in [0.1, 0.15) is 22.3 Å². The van der Waals surface area contributed by atoms with Gasteiger partial charge in [-0.25, -0.2) is 0 Å². The highest BCUT2D eigenvalue weighted by atomic mass is 19.4. The number of rotatable bonds is 2. The Morgan fingerprint density at radius 1 is 1.19 bits per heavy atom. The number of nitrogens with zero attached hydrogens (tertiary/aromatic N) is 2. The van der Waals surface area contributed by atoms with Gasteiger partial charge in [0.25, 0.3) is 0 Å². The van der Waals surface area contributed by atoms with Crippen LogP contribution in [0.15, 0.2) is 42.6 Å². The number of hydrogen-bond donors (Lipinski definition) is 2. The third-order valence-corrected chi connectivity index (χ3v) is 4.91. The number of amides is 1. The van der Waals surface area contributed by atoms with E-state index in [-0.39, 0.29) is 12.5 Å². The Morgan fingerprint density at radius 3 is 2.63 bits per heavy atom. The highest BCUT2D eigenvalue weighted by Crippen LogP contribution is 2.30. The van der Waals surface area contributed by atoms with E-state index in [2.05, 4.69) is 10.2 Å². The number of carbonyl (C=O) groups is 1. The number of H-pyrrole nitrogens is 1. The van der Waals surface area contributed by atoms with E-state index >= 15 is 0 Å². The Morgan fingerprint density at radius 2 is 1.93 bits per heavy atom. The van der Waals surface area contributed by atoms with Crippen LogP contribution in [-0.4, -0.2) is 27.0 Å². The highest BCUT2D eigenvalue weighted by Gasteiger charge is 2.31. The summed E-state index contributed by atoms with van der Waals surface area (Å²) in [7, 11) is 0. The molecule has 1 aliphatic heterocycles. The van der Waals surface area contributed by atoms with Gasteiger partial charge in [-0.3, -0.25) is 9.89 Å². The lowest BCUT2D eigenvalue weighted by atomic mass is 9.99. The number of nitrogens with two attached hydrogens (primary N) is 1. The van der Waals surface area contributed by atoms with Gasteiger partial charge in [0.05, 0.1) is 23.3 Å². The van der Waals surface area contributed by atoms with Crippen molar-refractivity contribution >= 4 is 16.8 Å². The van der Waals surface area contributed by atoms with Gasteiger partial charge in [0.2, 0.25) is 5.91 Å². The molecule has 5 nitrogen and oxygen atoms in total. The predicted octanol–water partition coefficient (Wildman–Crippen LogP) is 2.99. The van der Waals surface area contributed by atoms with E-state index in [9.17, 15) is 18.0 Å². The third-order valence-electron chi connectivity index (χ3n) is 4.91. The molecule has 0 saturated carbocycles. The molecule has 2 aromatic carbocycles. The molecule has 1 aromatic heterocycles. The summed E-state index contributed by atoms with van der Waals surface area (Å²) >= 11 is 0. The van der Waals surface area contributed by atoms with Crippen LogP contribution in [0, 0.1) is 0 Å². The van der Waals surface area contributed by atoms with Crippen LogP contribution in [0.5, 0.6) is 0 Å². The van der Waals surface area contributed by atoms with Gasteiger partial charge in [0.1, 0.15) is 0 Å². The molecule has 140 valence electrons. The molecule has 0 radical (unpaired) electrons. The molecule has 0 fully saturated rings. The quantitative estimate of drug-likeness (QED) is 0.724. The summed E-state index contributed by atoms with van der Waals surface area (Å²) in [6.07, 6.45) is -2.25. The molecule has 1 aliphatic rings. The van der Waals surface area contributed by atoms with Crippen LogP contribution >= 0.6 is 0 Å². The summed E-state index contributed by atoms with van der Waals surface area (Å²) < 4.78 is 38.2. The number of nitrogens with one attached hydrogen (secondary N) is 1. The Bertz CT molecular complexity index is 994. The fourth-order valence-corrected chi connectivity index (χ4v) is 3.48. The number of fused-ring (bicyclic) bond motifs is 3. The van der Waals surface area contributed by atoms with Crippen molar-refractivity contribution < 1.29 is 18.0 Å². The van der Waals surface area contributed by atoms with Crippen LogP contribution in [0.25, 0.3) is 10.9 Å². The Balaban J connectivity index is 1.65. The number of halogens is 3. The second-order valence-electron chi connectivity index (χ2n) is 6.73. The van der Waals surface area contributed by atoms with Crippen LogP contribution < -0.4 is 5.73 Å². The van der Waals surface area contributed by atoms with E-state index in [1.54, 1.807) is 11.1 Å². The van der Waals surface area contributed by atoms with Gasteiger partial charge < -0.3 is 10.6 Å². The molecule has 1 amide bonds. The minimum atomic E-state index is -4.38. The lowest BCUT2D eigenvalue weighted by Gasteiger charge is -2.23. The Hall–Kier alpha value is -2.87. The summed E-state index contributed by atoms with van der Waals surface area (Å²) in [6.45, 7) is 0.526. The van der Waals surface area contributed by atoms with Gasteiger partial charge in [-0.15, -0.1) is 0 Å². The zero-order valence-corrected chi connectivity index (χ0v) is 14.3. The molecule has 8 heteroatoms. The number of benzene rings is 2. The minimum Gasteiger partial charge on any atom is -0.333 e. The zero-order valence-electron chi connectivity index (χ0n) is 14.3. The standard InChI is InChI=1S/C19H17F3N4O/c20-19(21,22)13-4-1-11(2-5-13)9-26-10-15-12(7-16(23)18(26)27)3-6-17-14(15)8-24-25-17/h1-6,8,16H,7,9-10,23H2,(H,24,25). The summed E-state index contributed by atoms with van der Waals surface area (Å²) in [5.74, 6) is -0.220. The molecule has 1 atom stereocenters. The summed E-state index contributed by atoms with van der Waals surface area (Å²) in [6, 6.07) is 8.00. The molecule has 0 aliphatic carbocycles. The monoisotopic (exact) mass is 374 g/mol. The smallest absolute Gasteiger partial charge is 0.333 e. The van der Waals surface area contributed by atoms with Gasteiger partial charge in [0, 0.05) is 18.5 Å². The summed E-state index contributed by atoms with van der Waals surface area (Å²) in [5.41, 5.74) is 8.80. The van der Waals surface area contributed by atoms with E-state index < -0.39 is 17.8 Å². The lowest BCUT2D eigenvalue weighted by molar-refractivity contribution is -0.137. The fraction of sp³-hybridized carbons (Fsp3) is 0.263. The van der Waals surface area contributed by atoms with E-state index in [1.807, 2.05) is 12.1 Å². The second-order valence-corrected chi connectivity index (χ2v) is 6.73. The first-order valence-corrected chi connectivity index (χ1v) is 8.47. The molecule has 1 unspecified atom stereocenters. The Kier molecular flexibility index (Phi) is 4.15. The molecule has 0 bridgehead atoms. The van der Waals surface area contributed by atoms with Crippen molar-refractivity contribution in [3.63, 3.8) is 0 Å². The normalized spacial score (nSPS) is 17.9. The molecule has 0 saturated heterocycles. The molecule has 0 spiro atoms. The largest absolute Gasteiger partial charge is 0.416 e. The van der Waals surface area contributed by atoms with E-state index in [0.717, 1.165) is 34.2 Å². The number of carbonyl (C=O) groups excluding carboxylic acids is 1. The third kappa shape index (κ3) is 3.28. The molecule has 4 rings (SSSR count). The average molecular weight is 374 g/mol. The van der Waals surface area contributed by atoms with Gasteiger partial charge >= 0.3 is 6.18 Å². The van der Waals surface area contributed by atoms with E-state index in [1.165, 1.54) is 12.1 Å². The molecule has 27 heavy (non-hydrogen) atoms. The van der Waals surface area contributed by atoms with Crippen molar-refractivity contribution in [2.24, 2.45) is 5.73 Å². The fourth-order valence-electron chi connectivity index (χ4n) is 3.48. The van der Waals surface area contributed by atoms with Crippen molar-refractivity contribution in [1.29, 1.82) is 0 Å². The van der Waals surface area contributed by atoms with E-state index in [0.29, 0.717) is 18.5 Å². The zero-order chi connectivity index (χ0) is 19.2. The van der Waals surface area contributed by atoms with Gasteiger partial charge in [-0.1, -0.05) is 18.2 Å². The number of hydrogen-bond acceptors (Lipinski definition) is 3. The first-order chi connectivity index (χ1) is 12.8. The van der Waals surface area contributed by atoms with Crippen molar-refractivity contribution in [3.8, 4) is 0 Å². The number of aromatic amines is 1. The lowest BCUT2D eigenvalue weighted by Crippen LogP contribution is -2.42. The van der Waals surface area contributed by atoms with Crippen LogP contribution in [0.3, 0.4) is 0 Å². The van der Waals surface area contributed by atoms with Gasteiger partial charge in [-0.05, 0) is 41.3 Å². The number of alkyl halides is 3. The molecule has 3 aromatic rings. The van der Waals surface area contributed by atoms with Gasteiger partial charge in [-0.2, -0.15) is 18.3 Å². The predicted molar refractivity (Wildman–Crippen MR) is 93.5 cm³/mol. The maximum Gasteiger partial charge on any atom is 0.416 e. The molecular formula is C19H17F3N4O. The van der Waals surface area contributed by atoms with Crippen molar-refractivity contribution in [1.82, 2.24) is 15.1 Å². The highest BCUT2D eigenvalue weighted by molar-refractivity contribution is 5.87. The minimum absolute atomic E-state index is 0.193. The topological polar surface area (TPSA) is 75.0 Å². The first kappa shape index (κ1) is 17.5. The molecule has 3 N–H and O–H groups in total. The Labute approximate surface area is 153 Å². The first-order valence-electron chi connectivity index (χ1n) is 8.47. The molecular weight excluding hydrogens is 357 g/mol. The van der Waals surface area contributed by atoms with Crippen LogP contribution in [-0.2, 0) is 30.5 Å². The van der Waals surface area contributed by atoms with E-state index in [4.69, 9.17) is 5.73 Å².